The summed E-state index contributed by atoms with van der Waals surface area (Å²) in [6.45, 7) is 5.16. The number of anilines is 1. The van der Waals surface area contributed by atoms with Gasteiger partial charge in [-0.15, -0.1) is 11.8 Å². The summed E-state index contributed by atoms with van der Waals surface area (Å²) >= 11 is 1.71. The fraction of sp³-hybridized carbons (Fsp3) is 0.208. The van der Waals surface area contributed by atoms with E-state index in [9.17, 15) is 4.79 Å². The summed E-state index contributed by atoms with van der Waals surface area (Å²) in [4.78, 5) is 13.6. The smallest absolute Gasteiger partial charge is 0.225 e. The number of carbonyl (C=O) groups excluding carboxylic acids is 1. The SMILES string of the molecule is CCn1c2ccccc2c2cc(NC(=O)CCSc3ccc(C)cc3)ccc21. The molecule has 0 aliphatic rings. The van der Waals surface area contributed by atoms with E-state index in [0.29, 0.717) is 6.42 Å². The first-order chi connectivity index (χ1) is 13.7. The van der Waals surface area contributed by atoms with Crippen LogP contribution in [0.15, 0.2) is 71.6 Å². The number of aryl methyl sites for hydroxylation is 2. The van der Waals surface area contributed by atoms with Gasteiger partial charge in [0.25, 0.3) is 0 Å². The van der Waals surface area contributed by atoms with Crippen molar-refractivity contribution < 1.29 is 4.79 Å². The molecule has 4 aromatic rings. The third-order valence-electron chi connectivity index (χ3n) is 4.99. The van der Waals surface area contributed by atoms with Gasteiger partial charge in [0.15, 0.2) is 0 Å². The third kappa shape index (κ3) is 3.78. The summed E-state index contributed by atoms with van der Waals surface area (Å²) in [6, 6.07) is 23.0. The quantitative estimate of drug-likeness (QED) is 0.397. The zero-order chi connectivity index (χ0) is 19.5. The van der Waals surface area contributed by atoms with Crippen molar-refractivity contribution in [3.8, 4) is 0 Å². The monoisotopic (exact) mass is 388 g/mol. The first-order valence-corrected chi connectivity index (χ1v) is 10.6. The maximum absolute atomic E-state index is 12.4. The van der Waals surface area contributed by atoms with E-state index >= 15 is 0 Å². The number of hydrogen-bond donors (Lipinski definition) is 1. The van der Waals surface area contributed by atoms with Gasteiger partial charge in [0.1, 0.15) is 0 Å². The number of aromatic nitrogens is 1. The van der Waals surface area contributed by atoms with Crippen LogP contribution >= 0.6 is 11.8 Å². The number of amides is 1. The minimum atomic E-state index is 0.0539. The van der Waals surface area contributed by atoms with Crippen molar-refractivity contribution in [3.05, 3.63) is 72.3 Å². The first-order valence-electron chi connectivity index (χ1n) is 9.66. The standard InChI is InChI=1S/C24H24N2OS/c1-3-26-22-7-5-4-6-20(22)21-16-18(10-13-23(21)26)25-24(27)14-15-28-19-11-8-17(2)9-12-19/h4-13,16H,3,14-15H2,1-2H3,(H,25,27). The maximum Gasteiger partial charge on any atom is 0.225 e. The number of thioether (sulfide) groups is 1. The van der Waals surface area contributed by atoms with Gasteiger partial charge in [0.05, 0.1) is 0 Å². The highest BCUT2D eigenvalue weighted by atomic mass is 32.2. The van der Waals surface area contributed by atoms with E-state index in [1.54, 1.807) is 11.8 Å². The minimum absolute atomic E-state index is 0.0539. The molecule has 0 aliphatic carbocycles. The van der Waals surface area contributed by atoms with Crippen LogP contribution in [-0.2, 0) is 11.3 Å². The van der Waals surface area contributed by atoms with Crippen LogP contribution in [0.3, 0.4) is 0 Å². The summed E-state index contributed by atoms with van der Waals surface area (Å²) in [5.74, 6) is 0.824. The number of benzene rings is 3. The predicted octanol–water partition coefficient (Wildman–Crippen LogP) is 6.24. The molecule has 0 spiro atoms. The molecule has 4 heteroatoms. The maximum atomic E-state index is 12.4. The Bertz CT molecular complexity index is 1130. The van der Waals surface area contributed by atoms with Crippen LogP contribution < -0.4 is 5.32 Å². The van der Waals surface area contributed by atoms with Gasteiger partial charge in [-0.1, -0.05) is 35.9 Å². The number of nitrogens with zero attached hydrogens (tertiary/aromatic N) is 1. The summed E-state index contributed by atoms with van der Waals surface area (Å²) in [5, 5.41) is 5.47. The molecule has 0 saturated carbocycles. The van der Waals surface area contributed by atoms with E-state index in [0.717, 1.165) is 18.0 Å². The van der Waals surface area contributed by atoms with Crippen molar-refractivity contribution in [1.29, 1.82) is 0 Å². The first kappa shape index (κ1) is 18.6. The normalized spacial score (nSPS) is 11.2. The number of para-hydroxylation sites is 1. The highest BCUT2D eigenvalue weighted by Crippen LogP contribution is 2.31. The Morgan fingerprint density at radius 3 is 2.50 bits per heavy atom. The van der Waals surface area contributed by atoms with Gasteiger partial charge in [-0.25, -0.2) is 0 Å². The Hall–Kier alpha value is -2.72. The van der Waals surface area contributed by atoms with Crippen molar-refractivity contribution in [2.75, 3.05) is 11.1 Å². The summed E-state index contributed by atoms with van der Waals surface area (Å²) in [7, 11) is 0. The van der Waals surface area contributed by atoms with Crippen LogP contribution in [-0.4, -0.2) is 16.2 Å². The lowest BCUT2D eigenvalue weighted by Gasteiger charge is -2.07. The highest BCUT2D eigenvalue weighted by molar-refractivity contribution is 7.99. The van der Waals surface area contributed by atoms with Crippen LogP contribution in [0.5, 0.6) is 0 Å². The summed E-state index contributed by atoms with van der Waals surface area (Å²) in [5.41, 5.74) is 4.55. The molecule has 28 heavy (non-hydrogen) atoms. The van der Waals surface area contributed by atoms with Crippen molar-refractivity contribution in [1.82, 2.24) is 4.57 Å². The van der Waals surface area contributed by atoms with E-state index < -0.39 is 0 Å². The van der Waals surface area contributed by atoms with Crippen molar-refractivity contribution in [2.45, 2.75) is 31.7 Å². The molecule has 0 atom stereocenters. The molecule has 0 radical (unpaired) electrons. The van der Waals surface area contributed by atoms with Crippen LogP contribution in [0.25, 0.3) is 21.8 Å². The number of carbonyl (C=O) groups is 1. The van der Waals surface area contributed by atoms with E-state index in [1.807, 2.05) is 6.07 Å². The minimum Gasteiger partial charge on any atom is -0.341 e. The molecule has 1 heterocycles. The number of hydrogen-bond acceptors (Lipinski definition) is 2. The number of nitrogens with one attached hydrogen (secondary N) is 1. The fourth-order valence-corrected chi connectivity index (χ4v) is 4.44. The lowest BCUT2D eigenvalue weighted by Crippen LogP contribution is -2.12. The number of fused-ring (bicyclic) bond motifs is 3. The topological polar surface area (TPSA) is 34.0 Å². The molecule has 142 valence electrons. The Balaban J connectivity index is 1.46. The molecule has 4 rings (SSSR count). The average Bonchev–Trinajstić information content (AvgIpc) is 3.02. The van der Waals surface area contributed by atoms with Gasteiger partial charge in [0, 0.05) is 51.1 Å². The molecular weight excluding hydrogens is 364 g/mol. The Labute approximate surface area is 169 Å². The second kappa shape index (κ2) is 8.11. The third-order valence-corrected chi connectivity index (χ3v) is 6.00. The Morgan fingerprint density at radius 2 is 1.71 bits per heavy atom. The van der Waals surface area contributed by atoms with Crippen LogP contribution in [0, 0.1) is 6.92 Å². The van der Waals surface area contributed by atoms with Crippen LogP contribution in [0.2, 0.25) is 0 Å². The van der Waals surface area contributed by atoms with Gasteiger partial charge < -0.3 is 9.88 Å². The van der Waals surface area contributed by atoms with Gasteiger partial charge in [-0.05, 0) is 50.2 Å². The fourth-order valence-electron chi connectivity index (χ4n) is 3.59. The van der Waals surface area contributed by atoms with E-state index in [4.69, 9.17) is 0 Å². The Kier molecular flexibility index (Phi) is 5.40. The molecule has 3 nitrogen and oxygen atoms in total. The molecule has 0 fully saturated rings. The van der Waals surface area contributed by atoms with E-state index in [-0.39, 0.29) is 5.91 Å². The molecule has 0 unspecified atom stereocenters. The van der Waals surface area contributed by atoms with E-state index in [1.165, 1.54) is 32.3 Å². The van der Waals surface area contributed by atoms with E-state index in [2.05, 4.69) is 84.4 Å². The van der Waals surface area contributed by atoms with Gasteiger partial charge in [-0.3, -0.25) is 4.79 Å². The second-order valence-electron chi connectivity index (χ2n) is 6.95. The van der Waals surface area contributed by atoms with Crippen molar-refractivity contribution >= 4 is 45.2 Å². The van der Waals surface area contributed by atoms with Gasteiger partial charge in [0.2, 0.25) is 5.91 Å². The van der Waals surface area contributed by atoms with Crippen LogP contribution in [0.4, 0.5) is 5.69 Å². The molecule has 0 bridgehead atoms. The lowest BCUT2D eigenvalue weighted by molar-refractivity contribution is -0.115. The zero-order valence-electron chi connectivity index (χ0n) is 16.2. The van der Waals surface area contributed by atoms with Gasteiger partial charge >= 0.3 is 0 Å². The molecular formula is C24H24N2OS. The number of rotatable bonds is 6. The molecule has 0 aliphatic heterocycles. The zero-order valence-corrected chi connectivity index (χ0v) is 17.1. The van der Waals surface area contributed by atoms with Crippen molar-refractivity contribution in [3.63, 3.8) is 0 Å². The largest absolute Gasteiger partial charge is 0.341 e. The second-order valence-corrected chi connectivity index (χ2v) is 8.12. The summed E-state index contributed by atoms with van der Waals surface area (Å²) < 4.78 is 2.31. The summed E-state index contributed by atoms with van der Waals surface area (Å²) in [6.07, 6.45) is 0.493. The predicted molar refractivity (Wildman–Crippen MR) is 120 cm³/mol. The van der Waals surface area contributed by atoms with Crippen molar-refractivity contribution in [2.24, 2.45) is 0 Å². The average molecular weight is 389 g/mol. The highest BCUT2D eigenvalue weighted by Gasteiger charge is 2.10. The molecule has 3 aromatic carbocycles. The molecule has 1 N–H and O–H groups in total. The van der Waals surface area contributed by atoms with Crippen LogP contribution in [0.1, 0.15) is 18.9 Å². The molecule has 1 aromatic heterocycles. The molecule has 0 saturated heterocycles. The van der Waals surface area contributed by atoms with Gasteiger partial charge in [-0.2, -0.15) is 0 Å². The Morgan fingerprint density at radius 1 is 0.964 bits per heavy atom. The molecule has 1 amide bonds. The lowest BCUT2D eigenvalue weighted by atomic mass is 10.1.